The molecule has 0 heterocycles. The molecular weight excluding hydrogens is 295 g/mol. The number of carbonyl (C=O) groups excluding carboxylic acids is 1. The van der Waals surface area contributed by atoms with Gasteiger partial charge < -0.3 is 10.4 Å². The highest BCUT2D eigenvalue weighted by molar-refractivity contribution is 8.00. The molecule has 0 fully saturated rings. The van der Waals surface area contributed by atoms with E-state index in [0.717, 1.165) is 0 Å². The average molecular weight is 307 g/mol. The van der Waals surface area contributed by atoms with Gasteiger partial charge in [-0.2, -0.15) is 13.2 Å². The summed E-state index contributed by atoms with van der Waals surface area (Å²) in [6, 6.07) is 7.25. The first kappa shape index (κ1) is 16.4. The fourth-order valence-electron chi connectivity index (χ4n) is 1.43. The molecule has 0 saturated carbocycles. The van der Waals surface area contributed by atoms with E-state index in [4.69, 9.17) is 5.11 Å². The molecule has 1 amide bonds. The van der Waals surface area contributed by atoms with Crippen molar-refractivity contribution in [3.05, 3.63) is 35.9 Å². The fraction of sp³-hybridized carbons (Fsp3) is 0.333. The summed E-state index contributed by atoms with van der Waals surface area (Å²) in [6.07, 6.45) is 0.0125. The Hall–Kier alpha value is -1.70. The standard InChI is InChI=1S/C12H12F3NO3S/c13-12(14,15)20-7-10(17)16-9(11(18)19)6-8-4-2-1-3-5-8/h1-5,9H,6-7H2,(H,16,17)(H,18,19). The number of hydrogen-bond acceptors (Lipinski definition) is 3. The van der Waals surface area contributed by atoms with Crippen LogP contribution in [0.3, 0.4) is 0 Å². The molecule has 1 aromatic carbocycles. The van der Waals surface area contributed by atoms with Crippen LogP contribution in [0.15, 0.2) is 30.3 Å². The molecule has 0 bridgehead atoms. The van der Waals surface area contributed by atoms with Crippen LogP contribution in [0.2, 0.25) is 0 Å². The number of alkyl halides is 3. The summed E-state index contributed by atoms with van der Waals surface area (Å²) >= 11 is -0.503. The van der Waals surface area contributed by atoms with E-state index in [9.17, 15) is 22.8 Å². The number of carboxylic acid groups (broad SMARTS) is 1. The van der Waals surface area contributed by atoms with Crippen LogP contribution in [-0.2, 0) is 16.0 Å². The first-order valence-corrected chi connectivity index (χ1v) is 6.53. The molecule has 110 valence electrons. The van der Waals surface area contributed by atoms with Crippen molar-refractivity contribution in [1.29, 1.82) is 0 Å². The maximum absolute atomic E-state index is 11.9. The molecule has 1 rings (SSSR count). The van der Waals surface area contributed by atoms with E-state index < -0.39 is 40.9 Å². The second kappa shape index (κ2) is 7.18. The molecule has 0 aliphatic carbocycles. The molecule has 8 heteroatoms. The van der Waals surface area contributed by atoms with Crippen LogP contribution in [0.25, 0.3) is 0 Å². The third kappa shape index (κ3) is 6.46. The first-order chi connectivity index (χ1) is 9.28. The lowest BCUT2D eigenvalue weighted by molar-refractivity contribution is -0.141. The third-order valence-corrected chi connectivity index (χ3v) is 3.02. The number of carbonyl (C=O) groups is 2. The molecule has 0 spiro atoms. The summed E-state index contributed by atoms with van der Waals surface area (Å²) in [5, 5.41) is 11.0. The molecule has 0 radical (unpaired) electrons. The Bertz CT molecular complexity index is 465. The van der Waals surface area contributed by atoms with Crippen molar-refractivity contribution in [2.24, 2.45) is 0 Å². The smallest absolute Gasteiger partial charge is 0.442 e. The SMILES string of the molecule is O=C(CSC(F)(F)F)NC(Cc1ccccc1)C(=O)O. The maximum Gasteiger partial charge on any atom is 0.442 e. The van der Waals surface area contributed by atoms with Crippen molar-refractivity contribution in [3.8, 4) is 0 Å². The van der Waals surface area contributed by atoms with Crippen LogP contribution in [0.5, 0.6) is 0 Å². The van der Waals surface area contributed by atoms with Crippen molar-refractivity contribution < 1.29 is 27.9 Å². The topological polar surface area (TPSA) is 66.4 Å². The second-order valence-corrected chi connectivity index (χ2v) is 4.92. The number of thioether (sulfide) groups is 1. The van der Waals surface area contributed by atoms with Gasteiger partial charge in [-0.15, -0.1) is 0 Å². The Morgan fingerprint density at radius 2 is 1.85 bits per heavy atom. The predicted octanol–water partition coefficient (Wildman–Crippen LogP) is 2.05. The number of amides is 1. The van der Waals surface area contributed by atoms with E-state index >= 15 is 0 Å². The highest BCUT2D eigenvalue weighted by Gasteiger charge is 2.30. The maximum atomic E-state index is 11.9. The molecule has 20 heavy (non-hydrogen) atoms. The lowest BCUT2D eigenvalue weighted by Gasteiger charge is -2.14. The zero-order valence-electron chi connectivity index (χ0n) is 10.2. The van der Waals surface area contributed by atoms with E-state index in [1.165, 1.54) is 0 Å². The molecule has 0 aliphatic heterocycles. The lowest BCUT2D eigenvalue weighted by atomic mass is 10.1. The number of benzene rings is 1. The van der Waals surface area contributed by atoms with Crippen LogP contribution in [0.4, 0.5) is 13.2 Å². The van der Waals surface area contributed by atoms with Crippen molar-refractivity contribution in [1.82, 2.24) is 5.32 Å². The Balaban J connectivity index is 2.55. The highest BCUT2D eigenvalue weighted by Crippen LogP contribution is 2.29. The van der Waals surface area contributed by atoms with Gasteiger partial charge in [0.2, 0.25) is 5.91 Å². The highest BCUT2D eigenvalue weighted by atomic mass is 32.2. The van der Waals surface area contributed by atoms with Gasteiger partial charge in [-0.3, -0.25) is 4.79 Å². The lowest BCUT2D eigenvalue weighted by Crippen LogP contribution is -2.43. The Kier molecular flexibility index (Phi) is 5.87. The summed E-state index contributed by atoms with van der Waals surface area (Å²) in [5.41, 5.74) is -3.85. The van der Waals surface area contributed by atoms with Gasteiger partial charge in [-0.25, -0.2) is 4.79 Å². The van der Waals surface area contributed by atoms with E-state index in [-0.39, 0.29) is 6.42 Å². The van der Waals surface area contributed by atoms with Gasteiger partial charge >= 0.3 is 11.5 Å². The number of hydrogen-bond donors (Lipinski definition) is 2. The van der Waals surface area contributed by atoms with Gasteiger partial charge in [0.05, 0.1) is 5.75 Å². The predicted molar refractivity (Wildman–Crippen MR) is 68.2 cm³/mol. The largest absolute Gasteiger partial charge is 0.480 e. The summed E-state index contributed by atoms with van der Waals surface area (Å²) in [5.74, 6) is -3.11. The van der Waals surface area contributed by atoms with Gasteiger partial charge in [0, 0.05) is 6.42 Å². The normalized spacial score (nSPS) is 12.8. The molecule has 1 unspecified atom stereocenters. The van der Waals surface area contributed by atoms with Gasteiger partial charge in [0.25, 0.3) is 0 Å². The fourth-order valence-corrected chi connectivity index (χ4v) is 1.81. The van der Waals surface area contributed by atoms with Gasteiger partial charge in [0.15, 0.2) is 0 Å². The van der Waals surface area contributed by atoms with Crippen LogP contribution in [0, 0.1) is 0 Å². The average Bonchev–Trinajstić information content (AvgIpc) is 2.36. The minimum absolute atomic E-state index is 0.0125. The molecule has 0 aliphatic rings. The third-order valence-electron chi connectivity index (χ3n) is 2.28. The number of nitrogens with one attached hydrogen (secondary N) is 1. The van der Waals surface area contributed by atoms with Crippen molar-refractivity contribution >= 4 is 23.6 Å². The molecule has 0 aromatic heterocycles. The second-order valence-electron chi connectivity index (χ2n) is 3.88. The Morgan fingerprint density at radius 1 is 1.25 bits per heavy atom. The monoisotopic (exact) mass is 307 g/mol. The van der Waals surface area contributed by atoms with E-state index in [2.05, 4.69) is 5.32 Å². The van der Waals surface area contributed by atoms with E-state index in [1.807, 2.05) is 0 Å². The minimum Gasteiger partial charge on any atom is -0.480 e. The number of rotatable bonds is 6. The van der Waals surface area contributed by atoms with Crippen molar-refractivity contribution in [3.63, 3.8) is 0 Å². The van der Waals surface area contributed by atoms with Crippen LogP contribution >= 0.6 is 11.8 Å². The summed E-state index contributed by atoms with van der Waals surface area (Å²) < 4.78 is 35.8. The summed E-state index contributed by atoms with van der Waals surface area (Å²) in [4.78, 5) is 22.3. The van der Waals surface area contributed by atoms with Gasteiger partial charge in [-0.1, -0.05) is 30.3 Å². The van der Waals surface area contributed by atoms with Gasteiger partial charge in [0.1, 0.15) is 6.04 Å². The summed E-state index contributed by atoms with van der Waals surface area (Å²) in [7, 11) is 0. The number of halogens is 3. The van der Waals surface area contributed by atoms with Crippen molar-refractivity contribution in [2.45, 2.75) is 18.0 Å². The summed E-state index contributed by atoms with van der Waals surface area (Å²) in [6.45, 7) is 0. The molecule has 1 aromatic rings. The minimum atomic E-state index is -4.52. The number of carboxylic acids is 1. The molecular formula is C12H12F3NO3S. The Labute approximate surface area is 117 Å². The first-order valence-electron chi connectivity index (χ1n) is 5.54. The zero-order chi connectivity index (χ0) is 15.2. The number of aliphatic carboxylic acids is 1. The molecule has 2 N–H and O–H groups in total. The van der Waals surface area contributed by atoms with Crippen LogP contribution in [0.1, 0.15) is 5.56 Å². The Morgan fingerprint density at radius 3 is 2.35 bits per heavy atom. The quantitative estimate of drug-likeness (QED) is 0.844. The van der Waals surface area contributed by atoms with E-state index in [1.54, 1.807) is 30.3 Å². The van der Waals surface area contributed by atoms with Crippen LogP contribution < -0.4 is 5.32 Å². The molecule has 0 saturated heterocycles. The van der Waals surface area contributed by atoms with Crippen LogP contribution in [-0.4, -0.2) is 34.3 Å². The van der Waals surface area contributed by atoms with Gasteiger partial charge in [-0.05, 0) is 17.3 Å². The molecule has 1 atom stereocenters. The zero-order valence-corrected chi connectivity index (χ0v) is 11.0. The van der Waals surface area contributed by atoms with Crippen molar-refractivity contribution in [2.75, 3.05) is 5.75 Å². The molecule has 4 nitrogen and oxygen atoms in total. The van der Waals surface area contributed by atoms with E-state index in [0.29, 0.717) is 5.56 Å².